The number of hydrogen-bond acceptors (Lipinski definition) is 4. The van der Waals surface area contributed by atoms with Crippen LogP contribution in [0.5, 0.6) is 5.75 Å². The van der Waals surface area contributed by atoms with E-state index in [1.54, 1.807) is 0 Å². The highest BCUT2D eigenvalue weighted by molar-refractivity contribution is 5.84. The monoisotopic (exact) mass is 437 g/mol. The van der Waals surface area contributed by atoms with Crippen molar-refractivity contribution >= 4 is 16.7 Å². The summed E-state index contributed by atoms with van der Waals surface area (Å²) in [6, 6.07) is 13.0. The molecule has 4 nitrogen and oxygen atoms in total. The fraction of sp³-hybridized carbons (Fsp3) is 0.607. The summed E-state index contributed by atoms with van der Waals surface area (Å²) >= 11 is 0. The van der Waals surface area contributed by atoms with Crippen molar-refractivity contribution in [2.24, 2.45) is 16.7 Å². The Morgan fingerprint density at radius 1 is 1.03 bits per heavy atom. The fourth-order valence-corrected chi connectivity index (χ4v) is 5.03. The van der Waals surface area contributed by atoms with Crippen molar-refractivity contribution < 1.29 is 14.3 Å². The van der Waals surface area contributed by atoms with E-state index in [9.17, 15) is 4.79 Å². The van der Waals surface area contributed by atoms with Crippen molar-refractivity contribution in [1.82, 2.24) is 5.32 Å². The smallest absolute Gasteiger partial charge is 0.313 e. The summed E-state index contributed by atoms with van der Waals surface area (Å²) in [7, 11) is 0. The zero-order valence-electron chi connectivity index (χ0n) is 20.2. The van der Waals surface area contributed by atoms with Crippen molar-refractivity contribution in [3.05, 3.63) is 42.0 Å². The number of hydrogen-bond donors (Lipinski definition) is 1. The summed E-state index contributed by atoms with van der Waals surface area (Å²) in [5.41, 5.74) is 1.34. The van der Waals surface area contributed by atoms with Crippen molar-refractivity contribution in [3.63, 3.8) is 0 Å². The van der Waals surface area contributed by atoms with Gasteiger partial charge in [-0.1, -0.05) is 39.0 Å². The molecule has 174 valence electrons. The van der Waals surface area contributed by atoms with Crippen LogP contribution in [0.4, 0.5) is 0 Å². The summed E-state index contributed by atoms with van der Waals surface area (Å²) in [6.07, 6.45) is 7.01. The third-order valence-electron chi connectivity index (χ3n) is 7.43. The predicted octanol–water partition coefficient (Wildman–Crippen LogP) is 6.26. The van der Waals surface area contributed by atoms with E-state index >= 15 is 0 Å². The number of carbonyl (C=O) groups is 1. The SMILES string of the molecule is CCOC(=O)C1(CNCc2ccc3cc(O[C@H]4CC[C@H](C(C)(C)C)CC4)ccc3c2)CC1. The molecule has 2 saturated carbocycles. The van der Waals surface area contributed by atoms with Gasteiger partial charge in [-0.05, 0) is 91.3 Å². The molecule has 0 amide bonds. The lowest BCUT2D eigenvalue weighted by Gasteiger charge is -2.37. The van der Waals surface area contributed by atoms with Crippen molar-refractivity contribution in [2.75, 3.05) is 13.2 Å². The average molecular weight is 438 g/mol. The minimum atomic E-state index is -0.287. The largest absolute Gasteiger partial charge is 0.490 e. The molecular formula is C28H39NO3. The lowest BCUT2D eigenvalue weighted by atomic mass is 9.72. The van der Waals surface area contributed by atoms with E-state index in [4.69, 9.17) is 9.47 Å². The molecule has 2 aliphatic rings. The maximum absolute atomic E-state index is 12.1. The number of carbonyl (C=O) groups excluding carboxylic acids is 1. The third-order valence-corrected chi connectivity index (χ3v) is 7.43. The Morgan fingerprint density at radius 2 is 1.72 bits per heavy atom. The van der Waals surface area contributed by atoms with Crippen LogP contribution in [0.25, 0.3) is 10.8 Å². The van der Waals surface area contributed by atoms with Crippen LogP contribution >= 0.6 is 0 Å². The van der Waals surface area contributed by atoms with Gasteiger partial charge in [0.25, 0.3) is 0 Å². The summed E-state index contributed by atoms with van der Waals surface area (Å²) in [5.74, 6) is 1.73. The number of rotatable bonds is 8. The molecule has 2 aromatic carbocycles. The van der Waals surface area contributed by atoms with Gasteiger partial charge in [-0.3, -0.25) is 4.79 Å². The van der Waals surface area contributed by atoms with Gasteiger partial charge in [-0.15, -0.1) is 0 Å². The van der Waals surface area contributed by atoms with Crippen LogP contribution in [-0.4, -0.2) is 25.2 Å². The molecule has 4 heteroatoms. The maximum atomic E-state index is 12.1. The van der Waals surface area contributed by atoms with Crippen molar-refractivity contribution in [2.45, 2.75) is 78.9 Å². The van der Waals surface area contributed by atoms with Crippen LogP contribution in [0.15, 0.2) is 36.4 Å². The van der Waals surface area contributed by atoms with Gasteiger partial charge in [0.1, 0.15) is 5.75 Å². The second kappa shape index (κ2) is 9.43. The fourth-order valence-electron chi connectivity index (χ4n) is 5.03. The average Bonchev–Trinajstić information content (AvgIpc) is 3.55. The van der Waals surface area contributed by atoms with E-state index in [-0.39, 0.29) is 11.4 Å². The first-order chi connectivity index (χ1) is 15.3. The first kappa shape index (κ1) is 23.1. The topological polar surface area (TPSA) is 47.6 Å². The Labute approximate surface area is 193 Å². The first-order valence-electron chi connectivity index (χ1n) is 12.4. The molecule has 0 aliphatic heterocycles. The van der Waals surface area contributed by atoms with E-state index in [1.165, 1.54) is 29.2 Å². The molecule has 0 radical (unpaired) electrons. The summed E-state index contributed by atoms with van der Waals surface area (Å²) in [5, 5.41) is 5.89. The molecule has 1 N–H and O–H groups in total. The first-order valence-corrected chi connectivity index (χ1v) is 12.4. The zero-order chi connectivity index (χ0) is 22.8. The minimum Gasteiger partial charge on any atom is -0.490 e. The molecule has 0 heterocycles. The number of fused-ring (bicyclic) bond motifs is 1. The molecule has 0 bridgehead atoms. The minimum absolute atomic E-state index is 0.0505. The third kappa shape index (κ3) is 5.46. The van der Waals surface area contributed by atoms with Crippen LogP contribution in [0.1, 0.15) is 71.8 Å². The second-order valence-electron chi connectivity index (χ2n) is 10.9. The lowest BCUT2D eigenvalue weighted by molar-refractivity contribution is -0.149. The molecule has 32 heavy (non-hydrogen) atoms. The zero-order valence-corrected chi connectivity index (χ0v) is 20.2. The summed E-state index contributed by atoms with van der Waals surface area (Å²) in [6.45, 7) is 10.8. The van der Waals surface area contributed by atoms with Gasteiger partial charge >= 0.3 is 5.97 Å². The molecule has 4 rings (SSSR count). The second-order valence-corrected chi connectivity index (χ2v) is 10.9. The van der Waals surface area contributed by atoms with E-state index in [0.29, 0.717) is 24.7 Å². The number of ether oxygens (including phenoxy) is 2. The molecule has 2 aliphatic carbocycles. The van der Waals surface area contributed by atoms with Crippen LogP contribution in [0.3, 0.4) is 0 Å². The van der Waals surface area contributed by atoms with Gasteiger partial charge in [0.15, 0.2) is 0 Å². The number of esters is 1. The Balaban J connectivity index is 1.30. The molecule has 0 atom stereocenters. The quantitative estimate of drug-likeness (QED) is 0.495. The number of nitrogens with one attached hydrogen (secondary N) is 1. The molecular weight excluding hydrogens is 398 g/mol. The van der Waals surface area contributed by atoms with Crippen LogP contribution in [-0.2, 0) is 16.1 Å². The Hall–Kier alpha value is -2.07. The van der Waals surface area contributed by atoms with E-state index in [2.05, 4.69) is 62.5 Å². The van der Waals surface area contributed by atoms with E-state index in [1.807, 2.05) is 6.92 Å². The van der Waals surface area contributed by atoms with Gasteiger partial charge in [0.2, 0.25) is 0 Å². The Kier molecular flexibility index (Phi) is 6.80. The Morgan fingerprint density at radius 3 is 2.38 bits per heavy atom. The van der Waals surface area contributed by atoms with Crippen LogP contribution < -0.4 is 10.1 Å². The molecule has 0 saturated heterocycles. The van der Waals surface area contributed by atoms with Gasteiger partial charge in [0.05, 0.1) is 18.1 Å². The maximum Gasteiger partial charge on any atom is 0.313 e. The summed E-state index contributed by atoms with van der Waals surface area (Å²) in [4.78, 5) is 12.1. The highest BCUT2D eigenvalue weighted by atomic mass is 16.5. The van der Waals surface area contributed by atoms with Gasteiger partial charge in [-0.2, -0.15) is 0 Å². The highest BCUT2D eigenvalue weighted by Gasteiger charge is 2.50. The normalized spacial score (nSPS) is 22.5. The van der Waals surface area contributed by atoms with Crippen LogP contribution in [0.2, 0.25) is 0 Å². The lowest BCUT2D eigenvalue weighted by Crippen LogP contribution is -2.31. The van der Waals surface area contributed by atoms with Gasteiger partial charge in [0, 0.05) is 13.1 Å². The van der Waals surface area contributed by atoms with Gasteiger partial charge in [-0.25, -0.2) is 0 Å². The van der Waals surface area contributed by atoms with E-state index < -0.39 is 0 Å². The van der Waals surface area contributed by atoms with Crippen molar-refractivity contribution in [1.29, 1.82) is 0 Å². The van der Waals surface area contributed by atoms with Crippen LogP contribution in [0, 0.1) is 16.7 Å². The van der Waals surface area contributed by atoms with Crippen molar-refractivity contribution in [3.8, 4) is 5.75 Å². The number of benzene rings is 2. The highest BCUT2D eigenvalue weighted by Crippen LogP contribution is 2.46. The molecule has 0 spiro atoms. The summed E-state index contributed by atoms with van der Waals surface area (Å²) < 4.78 is 11.6. The molecule has 2 aromatic rings. The van der Waals surface area contributed by atoms with E-state index in [0.717, 1.165) is 43.9 Å². The molecule has 0 aromatic heterocycles. The standard InChI is InChI=1S/C28H39NO3/c1-5-31-26(30)28(14-15-28)19-29-18-20-6-7-22-17-25(11-8-21(22)16-20)32-24-12-9-23(10-13-24)27(2,3)4/h6-8,11,16-17,23-24,29H,5,9-10,12-15,18-19H2,1-4H3/t23-,24-. The molecule has 0 unspecified atom stereocenters. The predicted molar refractivity (Wildman–Crippen MR) is 130 cm³/mol. The Bertz CT molecular complexity index is 933. The molecule has 2 fully saturated rings. The van der Waals surface area contributed by atoms with Gasteiger partial charge < -0.3 is 14.8 Å².